The van der Waals surface area contributed by atoms with Crippen LogP contribution in [0.25, 0.3) is 0 Å². The summed E-state index contributed by atoms with van der Waals surface area (Å²) in [6.07, 6.45) is 0. The summed E-state index contributed by atoms with van der Waals surface area (Å²) in [5.74, 6) is -0.251. The van der Waals surface area contributed by atoms with Gasteiger partial charge < -0.3 is 9.64 Å². The molecule has 0 saturated heterocycles. The Hall–Kier alpha value is -0.350. The summed E-state index contributed by atoms with van der Waals surface area (Å²) in [6.45, 7) is 1.57. The zero-order chi connectivity index (χ0) is 12.8. The normalized spacial score (nSPS) is 13.1. The minimum absolute atomic E-state index is 0.104. The largest absolute Gasteiger partial charge is 0.383 e. The van der Waals surface area contributed by atoms with E-state index < -0.39 is 0 Å². The minimum atomic E-state index is -0.251. The van der Waals surface area contributed by atoms with E-state index >= 15 is 0 Å². The number of nitrogens with zero attached hydrogens (tertiary/aromatic N) is 1. The summed E-state index contributed by atoms with van der Waals surface area (Å²) in [5, 5.41) is 0.432. The van der Waals surface area contributed by atoms with Crippen molar-refractivity contribution in [3.05, 3.63) is 34.6 Å². The summed E-state index contributed by atoms with van der Waals surface area (Å²) in [5.41, 5.74) is 0.571. The van der Waals surface area contributed by atoms with Gasteiger partial charge in [0, 0.05) is 30.8 Å². The van der Waals surface area contributed by atoms with Crippen LogP contribution in [0.4, 0.5) is 4.39 Å². The Bertz CT molecular complexity index is 362. The van der Waals surface area contributed by atoms with E-state index in [9.17, 15) is 4.39 Å². The van der Waals surface area contributed by atoms with Gasteiger partial charge in [-0.3, -0.25) is 0 Å². The molecule has 0 amide bonds. The highest BCUT2D eigenvalue weighted by Gasteiger charge is 2.11. The van der Waals surface area contributed by atoms with Crippen LogP contribution in [-0.4, -0.2) is 37.6 Å². The molecular formula is C12H16Cl2FNO. The minimum Gasteiger partial charge on any atom is -0.383 e. The first-order chi connectivity index (χ1) is 8.02. The van der Waals surface area contributed by atoms with Gasteiger partial charge in [0.2, 0.25) is 0 Å². The van der Waals surface area contributed by atoms with Crippen molar-refractivity contribution in [1.82, 2.24) is 4.90 Å². The van der Waals surface area contributed by atoms with E-state index in [1.165, 1.54) is 12.1 Å². The molecule has 96 valence electrons. The molecule has 2 nitrogen and oxygen atoms in total. The van der Waals surface area contributed by atoms with E-state index in [4.69, 9.17) is 27.9 Å². The second-order valence-corrected chi connectivity index (χ2v) is 5.04. The van der Waals surface area contributed by atoms with Crippen molar-refractivity contribution in [2.45, 2.75) is 11.9 Å². The van der Waals surface area contributed by atoms with E-state index in [0.717, 1.165) is 0 Å². The zero-order valence-electron chi connectivity index (χ0n) is 9.92. The lowest BCUT2D eigenvalue weighted by Gasteiger charge is -2.20. The van der Waals surface area contributed by atoms with Crippen LogP contribution in [0.1, 0.15) is 5.56 Å². The third-order valence-corrected chi connectivity index (χ3v) is 2.80. The Labute approximate surface area is 111 Å². The van der Waals surface area contributed by atoms with Crippen LogP contribution in [0.15, 0.2) is 18.2 Å². The maximum Gasteiger partial charge on any atom is 0.127 e. The second kappa shape index (κ2) is 7.17. The summed E-state index contributed by atoms with van der Waals surface area (Å²) in [4.78, 5) is 1.94. The summed E-state index contributed by atoms with van der Waals surface area (Å²) >= 11 is 11.9. The molecule has 0 fully saturated rings. The molecule has 0 spiro atoms. The van der Waals surface area contributed by atoms with Gasteiger partial charge in [-0.05, 0) is 25.2 Å². The van der Waals surface area contributed by atoms with Crippen LogP contribution in [0, 0.1) is 5.82 Å². The van der Waals surface area contributed by atoms with E-state index in [-0.39, 0.29) is 11.2 Å². The maximum atomic E-state index is 13.5. The molecule has 0 aliphatic heterocycles. The van der Waals surface area contributed by atoms with Gasteiger partial charge in [-0.2, -0.15) is 0 Å². The number of rotatable bonds is 6. The Balaban J connectivity index is 2.55. The van der Waals surface area contributed by atoms with Crippen molar-refractivity contribution >= 4 is 23.2 Å². The van der Waals surface area contributed by atoms with Gasteiger partial charge >= 0.3 is 0 Å². The molecule has 1 aromatic carbocycles. The third kappa shape index (κ3) is 5.21. The van der Waals surface area contributed by atoms with E-state index in [1.807, 2.05) is 11.9 Å². The van der Waals surface area contributed by atoms with Gasteiger partial charge in [-0.15, -0.1) is 11.6 Å². The fraction of sp³-hybridized carbons (Fsp3) is 0.500. The number of alkyl halides is 1. The molecule has 1 unspecified atom stereocenters. The average molecular weight is 280 g/mol. The van der Waals surface area contributed by atoms with Crippen molar-refractivity contribution in [3.8, 4) is 0 Å². The van der Waals surface area contributed by atoms with Crippen molar-refractivity contribution < 1.29 is 9.13 Å². The number of ether oxygens (including phenoxy) is 1. The van der Waals surface area contributed by atoms with Gasteiger partial charge in [0.25, 0.3) is 0 Å². The monoisotopic (exact) mass is 279 g/mol. The first-order valence-electron chi connectivity index (χ1n) is 5.28. The van der Waals surface area contributed by atoms with Gasteiger partial charge in [0.1, 0.15) is 5.82 Å². The predicted molar refractivity (Wildman–Crippen MR) is 69.3 cm³/mol. The Morgan fingerprint density at radius 2 is 2.18 bits per heavy atom. The van der Waals surface area contributed by atoms with Gasteiger partial charge in [-0.25, -0.2) is 4.39 Å². The fourth-order valence-corrected chi connectivity index (χ4v) is 2.15. The smallest absolute Gasteiger partial charge is 0.127 e. The standard InChI is InChI=1S/C12H16Cl2FNO/c1-16(7-11(14)8-17-2)6-9-5-10(13)3-4-12(9)15/h3-5,11H,6-8H2,1-2H3. The van der Waals surface area contributed by atoms with E-state index in [1.54, 1.807) is 13.2 Å². The molecule has 0 N–H and O–H groups in total. The van der Waals surface area contributed by atoms with Crippen LogP contribution >= 0.6 is 23.2 Å². The number of halogens is 3. The molecular weight excluding hydrogens is 264 g/mol. The molecule has 5 heteroatoms. The molecule has 0 saturated carbocycles. The average Bonchev–Trinajstić information content (AvgIpc) is 2.23. The molecule has 0 radical (unpaired) electrons. The molecule has 1 rings (SSSR count). The number of hydrogen-bond donors (Lipinski definition) is 0. The molecule has 0 heterocycles. The molecule has 17 heavy (non-hydrogen) atoms. The molecule has 0 bridgehead atoms. The van der Waals surface area contributed by atoms with Crippen molar-refractivity contribution in [1.29, 1.82) is 0 Å². The molecule has 1 atom stereocenters. The summed E-state index contributed by atoms with van der Waals surface area (Å²) in [6, 6.07) is 4.54. The quantitative estimate of drug-likeness (QED) is 0.742. The number of benzene rings is 1. The number of hydrogen-bond acceptors (Lipinski definition) is 2. The lowest BCUT2D eigenvalue weighted by molar-refractivity contribution is 0.181. The first kappa shape index (κ1) is 14.7. The molecule has 0 aliphatic rings. The molecule has 0 aromatic heterocycles. The van der Waals surface area contributed by atoms with Crippen LogP contribution in [0.2, 0.25) is 5.02 Å². The van der Waals surface area contributed by atoms with E-state index in [0.29, 0.717) is 30.3 Å². The Kier molecular flexibility index (Phi) is 6.20. The topological polar surface area (TPSA) is 12.5 Å². The first-order valence-corrected chi connectivity index (χ1v) is 6.10. The lowest BCUT2D eigenvalue weighted by atomic mass is 10.2. The summed E-state index contributed by atoms with van der Waals surface area (Å²) < 4.78 is 18.4. The third-order valence-electron chi connectivity index (χ3n) is 2.31. The highest BCUT2D eigenvalue weighted by molar-refractivity contribution is 6.30. The fourth-order valence-electron chi connectivity index (χ4n) is 1.59. The maximum absolute atomic E-state index is 13.5. The SMILES string of the molecule is COCC(Cl)CN(C)Cc1cc(Cl)ccc1F. The van der Waals surface area contributed by atoms with E-state index in [2.05, 4.69) is 0 Å². The van der Waals surface area contributed by atoms with Crippen molar-refractivity contribution in [2.24, 2.45) is 0 Å². The Morgan fingerprint density at radius 1 is 1.47 bits per heavy atom. The van der Waals surface area contributed by atoms with Crippen molar-refractivity contribution in [3.63, 3.8) is 0 Å². The predicted octanol–water partition coefficient (Wildman–Crippen LogP) is 3.16. The van der Waals surface area contributed by atoms with Gasteiger partial charge in [0.05, 0.1) is 12.0 Å². The highest BCUT2D eigenvalue weighted by atomic mass is 35.5. The van der Waals surface area contributed by atoms with Crippen LogP contribution in [0.3, 0.4) is 0 Å². The van der Waals surface area contributed by atoms with Crippen LogP contribution < -0.4 is 0 Å². The Morgan fingerprint density at radius 3 is 2.82 bits per heavy atom. The lowest BCUT2D eigenvalue weighted by Crippen LogP contribution is -2.28. The summed E-state index contributed by atoms with van der Waals surface area (Å²) in [7, 11) is 3.48. The molecule has 1 aromatic rings. The molecule has 0 aliphatic carbocycles. The number of methoxy groups -OCH3 is 1. The van der Waals surface area contributed by atoms with Gasteiger partial charge in [-0.1, -0.05) is 11.6 Å². The van der Waals surface area contributed by atoms with Crippen LogP contribution in [0.5, 0.6) is 0 Å². The second-order valence-electron chi connectivity index (χ2n) is 3.99. The highest BCUT2D eigenvalue weighted by Crippen LogP contribution is 2.16. The zero-order valence-corrected chi connectivity index (χ0v) is 11.4. The van der Waals surface area contributed by atoms with Crippen LogP contribution in [-0.2, 0) is 11.3 Å². The van der Waals surface area contributed by atoms with Crippen molar-refractivity contribution in [2.75, 3.05) is 27.3 Å². The van der Waals surface area contributed by atoms with Gasteiger partial charge in [0.15, 0.2) is 0 Å².